The molecule has 0 radical (unpaired) electrons. The molecule has 0 bridgehead atoms. The third-order valence-corrected chi connectivity index (χ3v) is 0.598. The van der Waals surface area contributed by atoms with Crippen LogP contribution in [-0.2, 0) is 4.79 Å². The molecule has 1 N–H and O–H groups in total. The summed E-state index contributed by atoms with van der Waals surface area (Å²) in [4.78, 5) is 9.49. The lowest BCUT2D eigenvalue weighted by Crippen LogP contribution is -1.99. The van der Waals surface area contributed by atoms with Crippen molar-refractivity contribution in [1.29, 1.82) is 0 Å². The predicted octanol–water partition coefficient (Wildman–Crippen LogP) is 0.00980. The Morgan fingerprint density at radius 3 is 2.67 bits per heavy atom. The Morgan fingerprint density at radius 1 is 1.83 bits per heavy atom. The number of hydrogen-bond donors (Lipinski definition) is 2. The first-order valence-electron chi connectivity index (χ1n) is 1.72. The largest absolute Gasteiger partial charge is 0.303 e. The normalized spacial score (nSPS) is 8.17. The minimum Gasteiger partial charge on any atom is -0.303 e. The summed E-state index contributed by atoms with van der Waals surface area (Å²) in [5, 5.41) is 0. The van der Waals surface area contributed by atoms with E-state index in [0.717, 1.165) is 6.29 Å². The Labute approximate surface area is 42.5 Å². The number of rotatable bonds is 3. The molecule has 0 fully saturated rings. The lowest BCUT2D eigenvalue weighted by molar-refractivity contribution is -0.107. The summed E-state index contributed by atoms with van der Waals surface area (Å²) in [6.07, 6.45) is 1.40. The van der Waals surface area contributed by atoms with Gasteiger partial charge in [-0.2, -0.15) is 0 Å². The highest BCUT2D eigenvalue weighted by molar-refractivity contribution is 7.78. The molecule has 0 rings (SSSR count). The van der Waals surface area contributed by atoms with Crippen molar-refractivity contribution >= 4 is 19.1 Å². The number of carbonyl (C=O) groups excluding carboxylic acids is 1. The van der Waals surface area contributed by atoms with Gasteiger partial charge in [-0.3, -0.25) is 4.72 Å². The van der Waals surface area contributed by atoms with Crippen LogP contribution in [-0.4, -0.2) is 12.8 Å². The average Bonchev–Trinajstić information content (AvgIpc) is 1.61. The van der Waals surface area contributed by atoms with Crippen molar-refractivity contribution in [1.82, 2.24) is 4.72 Å². The minimum atomic E-state index is 0.545. The Balaban J connectivity index is 2.49. The Hall–Kier alpha value is -0.0200. The van der Waals surface area contributed by atoms with Crippen LogP contribution in [0.5, 0.6) is 0 Å². The molecule has 0 saturated carbocycles. The van der Waals surface area contributed by atoms with Gasteiger partial charge in [-0.15, -0.1) is 0 Å². The summed E-state index contributed by atoms with van der Waals surface area (Å²) in [5.74, 6) is 0. The zero-order chi connectivity index (χ0) is 4.83. The second-order valence-electron chi connectivity index (χ2n) is 0.863. The lowest BCUT2D eigenvalue weighted by Gasteiger charge is -1.82. The van der Waals surface area contributed by atoms with Crippen molar-refractivity contribution in [3.63, 3.8) is 0 Å². The van der Waals surface area contributed by atoms with E-state index in [1.807, 2.05) is 0 Å². The molecule has 0 aromatic heterocycles. The molecule has 0 heterocycles. The molecule has 0 spiro atoms. The SMILES string of the molecule is O=CCCNS. The maximum Gasteiger partial charge on any atom is 0.121 e. The van der Waals surface area contributed by atoms with Crippen molar-refractivity contribution < 1.29 is 4.79 Å². The van der Waals surface area contributed by atoms with Crippen LogP contribution in [0.3, 0.4) is 0 Å². The van der Waals surface area contributed by atoms with Crippen molar-refractivity contribution in [2.24, 2.45) is 0 Å². The second kappa shape index (κ2) is 4.98. The van der Waals surface area contributed by atoms with Gasteiger partial charge >= 0.3 is 0 Å². The summed E-state index contributed by atoms with van der Waals surface area (Å²) in [6, 6.07) is 0. The molecule has 0 amide bonds. The molecule has 0 aliphatic carbocycles. The van der Waals surface area contributed by atoms with E-state index < -0.39 is 0 Å². The van der Waals surface area contributed by atoms with Gasteiger partial charge in [-0.25, -0.2) is 0 Å². The first-order chi connectivity index (χ1) is 2.91. The van der Waals surface area contributed by atoms with Crippen LogP contribution in [0.15, 0.2) is 0 Å². The molecule has 2 nitrogen and oxygen atoms in total. The smallest absolute Gasteiger partial charge is 0.121 e. The highest BCUT2D eigenvalue weighted by atomic mass is 32.1. The lowest BCUT2D eigenvalue weighted by atomic mass is 10.5. The van der Waals surface area contributed by atoms with E-state index in [2.05, 4.69) is 17.5 Å². The molecular weight excluding hydrogens is 98.1 g/mol. The molecule has 6 heavy (non-hydrogen) atoms. The predicted molar refractivity (Wildman–Crippen MR) is 27.7 cm³/mol. The molecule has 0 aromatic carbocycles. The first-order valence-corrected chi connectivity index (χ1v) is 2.17. The van der Waals surface area contributed by atoms with E-state index in [-0.39, 0.29) is 0 Å². The van der Waals surface area contributed by atoms with E-state index in [0.29, 0.717) is 13.0 Å². The van der Waals surface area contributed by atoms with E-state index >= 15 is 0 Å². The molecule has 0 unspecified atom stereocenters. The highest BCUT2D eigenvalue weighted by Crippen LogP contribution is 1.65. The molecule has 0 aliphatic rings. The quantitative estimate of drug-likeness (QED) is 0.301. The van der Waals surface area contributed by atoms with Crippen molar-refractivity contribution in [2.45, 2.75) is 6.42 Å². The number of aldehydes is 1. The van der Waals surface area contributed by atoms with Crippen LogP contribution in [0, 0.1) is 0 Å². The average molecular weight is 105 g/mol. The van der Waals surface area contributed by atoms with Crippen LogP contribution in [0.4, 0.5) is 0 Å². The van der Waals surface area contributed by atoms with Gasteiger partial charge in [0.15, 0.2) is 0 Å². The van der Waals surface area contributed by atoms with Gasteiger partial charge in [0.25, 0.3) is 0 Å². The van der Waals surface area contributed by atoms with Gasteiger partial charge in [-0.05, 0) is 0 Å². The van der Waals surface area contributed by atoms with E-state index in [9.17, 15) is 4.79 Å². The summed E-state index contributed by atoms with van der Waals surface area (Å²) >= 11 is 3.65. The minimum absolute atomic E-state index is 0.545. The summed E-state index contributed by atoms with van der Waals surface area (Å²) in [6.45, 7) is 0.659. The fourth-order valence-corrected chi connectivity index (χ4v) is 0.253. The summed E-state index contributed by atoms with van der Waals surface area (Å²) in [7, 11) is 0. The zero-order valence-corrected chi connectivity index (χ0v) is 4.24. The van der Waals surface area contributed by atoms with Crippen molar-refractivity contribution in [2.75, 3.05) is 6.54 Å². The first kappa shape index (κ1) is 5.98. The summed E-state index contributed by atoms with van der Waals surface area (Å²) < 4.78 is 2.53. The van der Waals surface area contributed by atoms with E-state index in [4.69, 9.17) is 0 Å². The van der Waals surface area contributed by atoms with Gasteiger partial charge in [-0.1, -0.05) is 12.8 Å². The fourth-order valence-electron chi connectivity index (χ4n) is 0.123. The Bertz CT molecular complexity index is 39.8. The number of thiol groups is 1. The Kier molecular flexibility index (Phi) is 4.96. The van der Waals surface area contributed by atoms with Gasteiger partial charge in [0.05, 0.1) is 0 Å². The molecular formula is C3H7NOS. The monoisotopic (exact) mass is 105 g/mol. The van der Waals surface area contributed by atoms with E-state index in [1.165, 1.54) is 0 Å². The van der Waals surface area contributed by atoms with Gasteiger partial charge in [0.1, 0.15) is 6.29 Å². The van der Waals surface area contributed by atoms with Crippen LogP contribution in [0.2, 0.25) is 0 Å². The molecule has 0 atom stereocenters. The molecule has 3 heteroatoms. The van der Waals surface area contributed by atoms with Gasteiger partial charge < -0.3 is 4.79 Å². The maximum atomic E-state index is 9.49. The topological polar surface area (TPSA) is 29.1 Å². The third-order valence-electron chi connectivity index (χ3n) is 0.374. The van der Waals surface area contributed by atoms with Gasteiger partial charge in [0.2, 0.25) is 0 Å². The zero-order valence-electron chi connectivity index (χ0n) is 3.35. The standard InChI is InChI=1S/C3H7NOS/c5-3-1-2-4-6/h3-4,6H,1-2H2. The van der Waals surface area contributed by atoms with Crippen LogP contribution in [0.25, 0.3) is 0 Å². The van der Waals surface area contributed by atoms with Crippen LogP contribution in [0.1, 0.15) is 6.42 Å². The molecule has 0 aliphatic heterocycles. The number of nitrogens with one attached hydrogen (secondary N) is 1. The van der Waals surface area contributed by atoms with Gasteiger partial charge in [0, 0.05) is 13.0 Å². The van der Waals surface area contributed by atoms with Crippen molar-refractivity contribution in [3.05, 3.63) is 0 Å². The fraction of sp³-hybridized carbons (Fsp3) is 0.667. The summed E-state index contributed by atoms with van der Waals surface area (Å²) in [5.41, 5.74) is 0. The Morgan fingerprint density at radius 2 is 2.50 bits per heavy atom. The van der Waals surface area contributed by atoms with E-state index in [1.54, 1.807) is 0 Å². The van der Waals surface area contributed by atoms with Crippen molar-refractivity contribution in [3.8, 4) is 0 Å². The molecule has 0 aromatic rings. The number of hydrogen-bond acceptors (Lipinski definition) is 3. The third kappa shape index (κ3) is 3.98. The van der Waals surface area contributed by atoms with Crippen LogP contribution < -0.4 is 4.72 Å². The highest BCUT2D eigenvalue weighted by Gasteiger charge is 1.73. The molecule has 0 saturated heterocycles. The second-order valence-corrected chi connectivity index (χ2v) is 1.18. The molecule has 36 valence electrons. The maximum absolute atomic E-state index is 9.49. The van der Waals surface area contributed by atoms with Crippen LogP contribution >= 0.6 is 12.8 Å². The number of carbonyl (C=O) groups is 1.